The minimum absolute atomic E-state index is 0.0578. The fourth-order valence-electron chi connectivity index (χ4n) is 4.84. The van der Waals surface area contributed by atoms with Crippen LogP contribution in [0.2, 0.25) is 0 Å². The summed E-state index contributed by atoms with van der Waals surface area (Å²) in [5, 5.41) is 12.4. The third kappa shape index (κ3) is 3.49. The van der Waals surface area contributed by atoms with Gasteiger partial charge in [0, 0.05) is 12.6 Å². The predicted octanol–water partition coefficient (Wildman–Crippen LogP) is 3.62. The van der Waals surface area contributed by atoms with Crippen molar-refractivity contribution in [2.75, 3.05) is 0 Å². The minimum atomic E-state index is -0.948. The van der Waals surface area contributed by atoms with E-state index in [1.807, 2.05) is 36.4 Å². The Kier molecular flexibility index (Phi) is 4.62. The normalized spacial score (nSPS) is 26.1. The molecule has 2 aliphatic carbocycles. The lowest BCUT2D eigenvalue weighted by molar-refractivity contribution is -0.127. The number of rotatable bonds is 7. The summed E-state index contributed by atoms with van der Waals surface area (Å²) in [6.07, 6.45) is 3.77. The van der Waals surface area contributed by atoms with Crippen LogP contribution in [0.15, 0.2) is 48.5 Å². The molecule has 3 aliphatic rings. The summed E-state index contributed by atoms with van der Waals surface area (Å²) in [5.41, 5.74) is 2.63. The van der Waals surface area contributed by atoms with E-state index in [1.165, 1.54) is 0 Å². The molecule has 30 heavy (non-hydrogen) atoms. The molecule has 6 heteroatoms. The van der Waals surface area contributed by atoms with Crippen LogP contribution in [0.25, 0.3) is 0 Å². The van der Waals surface area contributed by atoms with Crippen LogP contribution in [0, 0.1) is 5.92 Å². The Morgan fingerprint density at radius 1 is 1.03 bits per heavy atom. The fraction of sp³-hybridized carbons (Fsp3) is 0.417. The second kappa shape index (κ2) is 7.20. The summed E-state index contributed by atoms with van der Waals surface area (Å²) in [4.78, 5) is 26.6. The highest BCUT2D eigenvalue weighted by Crippen LogP contribution is 2.50. The van der Waals surface area contributed by atoms with E-state index in [1.54, 1.807) is 12.1 Å². The van der Waals surface area contributed by atoms with Gasteiger partial charge in [-0.25, -0.2) is 9.18 Å². The zero-order valence-electron chi connectivity index (χ0n) is 16.7. The maximum atomic E-state index is 13.2. The molecule has 2 saturated carbocycles. The molecule has 3 atom stereocenters. The maximum absolute atomic E-state index is 13.2. The lowest BCUT2D eigenvalue weighted by Crippen LogP contribution is -2.48. The average Bonchev–Trinajstić information content (AvgIpc) is 3.68. The molecule has 2 N–H and O–H groups in total. The average molecular weight is 408 g/mol. The topological polar surface area (TPSA) is 69.6 Å². The second-order valence-corrected chi connectivity index (χ2v) is 8.89. The Bertz CT molecular complexity index is 969. The van der Waals surface area contributed by atoms with Crippen molar-refractivity contribution in [3.63, 3.8) is 0 Å². The maximum Gasteiger partial charge on any atom is 0.335 e. The molecule has 1 saturated heterocycles. The van der Waals surface area contributed by atoms with Gasteiger partial charge in [-0.15, -0.1) is 0 Å². The van der Waals surface area contributed by atoms with Crippen LogP contribution in [0.1, 0.15) is 52.7 Å². The van der Waals surface area contributed by atoms with E-state index >= 15 is 0 Å². The number of amides is 1. The quantitative estimate of drug-likeness (QED) is 0.734. The Labute approximate surface area is 174 Å². The van der Waals surface area contributed by atoms with Gasteiger partial charge in [-0.3, -0.25) is 9.69 Å². The van der Waals surface area contributed by atoms with E-state index in [2.05, 4.69) is 10.2 Å². The van der Waals surface area contributed by atoms with Crippen molar-refractivity contribution in [2.45, 2.75) is 56.5 Å². The number of hydrogen-bond acceptors (Lipinski definition) is 3. The monoisotopic (exact) mass is 408 g/mol. The Morgan fingerprint density at radius 2 is 1.70 bits per heavy atom. The lowest BCUT2D eigenvalue weighted by atomic mass is 10.0. The molecule has 0 bridgehead atoms. The first kappa shape index (κ1) is 19.2. The molecule has 5 nitrogen and oxygen atoms in total. The molecule has 1 heterocycles. The summed E-state index contributed by atoms with van der Waals surface area (Å²) in [5.74, 6) is -0.297. The van der Waals surface area contributed by atoms with Crippen molar-refractivity contribution >= 4 is 11.9 Å². The van der Waals surface area contributed by atoms with Crippen LogP contribution in [-0.2, 0) is 23.6 Å². The van der Waals surface area contributed by atoms with Crippen LogP contribution in [0.3, 0.4) is 0 Å². The van der Waals surface area contributed by atoms with Gasteiger partial charge < -0.3 is 10.4 Å². The van der Waals surface area contributed by atoms with Crippen LogP contribution >= 0.6 is 0 Å². The molecule has 1 aliphatic heterocycles. The number of carbonyl (C=O) groups excluding carboxylic acids is 1. The van der Waals surface area contributed by atoms with E-state index in [0.717, 1.165) is 36.8 Å². The molecule has 2 unspecified atom stereocenters. The highest BCUT2D eigenvalue weighted by Gasteiger charge is 2.55. The van der Waals surface area contributed by atoms with Crippen LogP contribution < -0.4 is 5.32 Å². The number of nitrogens with one attached hydrogen (secondary N) is 1. The molecule has 0 aromatic heterocycles. The standard InChI is InChI=1S/C24H25FN2O3/c25-13-15-1-3-16(4-2-15)14-27-20-11-18(20)12-21(27)22(28)26-24(9-10-24)19-7-5-17(6-8-19)23(29)30/h1-8,18,20-21H,9-14H2,(H,26,28)(H,29,30)/t18?,20?,21-/m1/s1. The van der Waals surface area contributed by atoms with E-state index in [-0.39, 0.29) is 23.1 Å². The van der Waals surface area contributed by atoms with Gasteiger partial charge in [0.2, 0.25) is 5.91 Å². The van der Waals surface area contributed by atoms with Crippen LogP contribution in [0.4, 0.5) is 4.39 Å². The summed E-state index contributed by atoms with van der Waals surface area (Å²) >= 11 is 0. The van der Waals surface area contributed by atoms with E-state index in [4.69, 9.17) is 5.11 Å². The Morgan fingerprint density at radius 3 is 2.30 bits per heavy atom. The highest BCUT2D eigenvalue weighted by atomic mass is 19.1. The molecular weight excluding hydrogens is 383 g/mol. The third-order valence-corrected chi connectivity index (χ3v) is 6.88. The molecular formula is C24H25FN2O3. The first-order chi connectivity index (χ1) is 14.5. The van der Waals surface area contributed by atoms with Crippen LogP contribution in [0.5, 0.6) is 0 Å². The number of fused-ring (bicyclic) bond motifs is 1. The highest BCUT2D eigenvalue weighted by molar-refractivity contribution is 5.87. The molecule has 3 fully saturated rings. The van der Waals surface area contributed by atoms with Gasteiger partial charge in [0.05, 0.1) is 17.1 Å². The molecule has 0 spiro atoms. The summed E-state index contributed by atoms with van der Waals surface area (Å²) < 4.78 is 12.8. The zero-order chi connectivity index (χ0) is 20.9. The van der Waals surface area contributed by atoms with Crippen molar-refractivity contribution < 1.29 is 19.1 Å². The first-order valence-electron chi connectivity index (χ1n) is 10.5. The minimum Gasteiger partial charge on any atom is -0.478 e. The number of carbonyl (C=O) groups is 2. The number of benzene rings is 2. The molecule has 2 aromatic rings. The largest absolute Gasteiger partial charge is 0.478 e. The zero-order valence-corrected chi connectivity index (χ0v) is 16.7. The molecule has 0 radical (unpaired) electrons. The number of piperidine rings is 1. The van der Waals surface area contributed by atoms with Gasteiger partial charge in [0.25, 0.3) is 0 Å². The Hall–Kier alpha value is -2.73. The van der Waals surface area contributed by atoms with E-state index in [9.17, 15) is 14.0 Å². The molecule has 156 valence electrons. The van der Waals surface area contributed by atoms with Crippen molar-refractivity contribution in [2.24, 2.45) is 5.92 Å². The number of carboxylic acid groups (broad SMARTS) is 1. The lowest BCUT2D eigenvalue weighted by Gasteiger charge is -2.29. The van der Waals surface area contributed by atoms with Crippen molar-refractivity contribution in [3.05, 3.63) is 70.8 Å². The van der Waals surface area contributed by atoms with Crippen molar-refractivity contribution in [1.29, 1.82) is 0 Å². The predicted molar refractivity (Wildman–Crippen MR) is 110 cm³/mol. The first-order valence-corrected chi connectivity index (χ1v) is 10.5. The molecule has 5 rings (SSSR count). The number of likely N-dealkylation sites (tertiary alicyclic amines) is 1. The van der Waals surface area contributed by atoms with Crippen LogP contribution in [-0.4, -0.2) is 34.0 Å². The second-order valence-electron chi connectivity index (χ2n) is 8.89. The van der Waals surface area contributed by atoms with Gasteiger partial charge in [-0.05, 0) is 60.4 Å². The molecule has 2 aromatic carbocycles. The van der Waals surface area contributed by atoms with Gasteiger partial charge in [0.15, 0.2) is 0 Å². The fourth-order valence-corrected chi connectivity index (χ4v) is 4.84. The van der Waals surface area contributed by atoms with E-state index < -0.39 is 12.6 Å². The number of carboxylic acids is 1. The number of hydrogen-bond donors (Lipinski definition) is 2. The Balaban J connectivity index is 1.28. The summed E-state index contributed by atoms with van der Waals surface area (Å²) in [6.45, 7) is 0.237. The van der Waals surface area contributed by atoms with Gasteiger partial charge >= 0.3 is 5.97 Å². The SMILES string of the molecule is O=C(O)c1ccc(C2(NC(=O)[C@H]3CC4CC4N3Cc3ccc(CF)cc3)CC2)cc1. The summed E-state index contributed by atoms with van der Waals surface area (Å²) in [7, 11) is 0. The smallest absolute Gasteiger partial charge is 0.335 e. The van der Waals surface area contributed by atoms with Gasteiger partial charge in [-0.1, -0.05) is 36.4 Å². The van der Waals surface area contributed by atoms with E-state index in [0.29, 0.717) is 24.1 Å². The number of nitrogens with zero attached hydrogens (tertiary/aromatic N) is 1. The number of alkyl halides is 1. The van der Waals surface area contributed by atoms with Gasteiger partial charge in [0.1, 0.15) is 6.67 Å². The summed E-state index contributed by atoms with van der Waals surface area (Å²) in [6, 6.07) is 14.7. The number of aromatic carboxylic acids is 1. The third-order valence-electron chi connectivity index (χ3n) is 6.88. The van der Waals surface area contributed by atoms with Gasteiger partial charge in [-0.2, -0.15) is 0 Å². The molecule has 1 amide bonds. The number of halogens is 1. The van der Waals surface area contributed by atoms with Crippen molar-refractivity contribution in [3.8, 4) is 0 Å². The van der Waals surface area contributed by atoms with Crippen molar-refractivity contribution in [1.82, 2.24) is 10.2 Å².